The van der Waals surface area contributed by atoms with Gasteiger partial charge < -0.3 is 4.55 Å². The van der Waals surface area contributed by atoms with Crippen LogP contribution < -0.4 is 29.6 Å². The van der Waals surface area contributed by atoms with Gasteiger partial charge in [0, 0.05) is 0 Å². The van der Waals surface area contributed by atoms with Gasteiger partial charge in [-0.3, -0.25) is 0 Å². The first kappa shape index (κ1) is 21.7. The molecule has 0 aliphatic heterocycles. The van der Waals surface area contributed by atoms with Crippen molar-refractivity contribution in [2.45, 2.75) is 64.2 Å². The summed E-state index contributed by atoms with van der Waals surface area (Å²) in [5.74, 6) is 0.347. The Labute approximate surface area is 167 Å². The van der Waals surface area contributed by atoms with Crippen molar-refractivity contribution in [1.29, 1.82) is 0 Å². The predicted molar refractivity (Wildman–Crippen MR) is 94.2 cm³/mol. The van der Waals surface area contributed by atoms with Crippen LogP contribution in [0, 0.1) is 0 Å². The van der Waals surface area contributed by atoms with Crippen LogP contribution in [0.1, 0.15) is 76.0 Å². The normalized spacial score (nSPS) is 12.2. The maximum absolute atomic E-state index is 11.9. The summed E-state index contributed by atoms with van der Waals surface area (Å²) in [5.41, 5.74) is 2.67. The molecule has 0 aliphatic carbocycles. The van der Waals surface area contributed by atoms with Gasteiger partial charge in [0.2, 0.25) is 0 Å². The monoisotopic (exact) mass is 356 g/mol. The molecule has 0 radical (unpaired) electrons. The molecule has 2 rings (SSSR count). The number of rotatable bonds is 4. The van der Waals surface area contributed by atoms with Crippen LogP contribution in [0.4, 0.5) is 0 Å². The topological polar surface area (TPSA) is 57.2 Å². The Bertz CT molecular complexity index is 837. The molecule has 0 saturated carbocycles. The Balaban J connectivity index is 0.00000288. The van der Waals surface area contributed by atoms with Gasteiger partial charge >= 0.3 is 29.6 Å². The summed E-state index contributed by atoms with van der Waals surface area (Å²) in [5, 5.41) is 2.00. The molecular weight excluding hydrogens is 331 g/mol. The fourth-order valence-electron chi connectivity index (χ4n) is 3.27. The van der Waals surface area contributed by atoms with E-state index >= 15 is 0 Å². The van der Waals surface area contributed by atoms with E-state index in [1.807, 2.05) is 45.9 Å². The number of fused-ring (bicyclic) bond motifs is 1. The van der Waals surface area contributed by atoms with Crippen molar-refractivity contribution >= 4 is 20.9 Å². The zero-order chi connectivity index (χ0) is 17.5. The Morgan fingerprint density at radius 3 is 1.83 bits per heavy atom. The molecule has 0 atom stereocenters. The van der Waals surface area contributed by atoms with E-state index in [4.69, 9.17) is 0 Å². The quantitative estimate of drug-likeness (QED) is 0.623. The maximum atomic E-state index is 11.9. The predicted octanol–water partition coefficient (Wildman–Crippen LogP) is 2.12. The van der Waals surface area contributed by atoms with Crippen LogP contribution in [-0.4, -0.2) is 13.0 Å². The van der Waals surface area contributed by atoms with Crippen LogP contribution in [0.2, 0.25) is 0 Å². The van der Waals surface area contributed by atoms with E-state index in [-0.39, 0.29) is 52.2 Å². The van der Waals surface area contributed by atoms with Crippen LogP contribution in [0.3, 0.4) is 0 Å². The minimum atomic E-state index is -4.52. The molecule has 2 aromatic carbocycles. The van der Waals surface area contributed by atoms with E-state index in [9.17, 15) is 13.0 Å². The second-order valence-electron chi connectivity index (χ2n) is 7.07. The molecular formula is C19H25NaO3S. The van der Waals surface area contributed by atoms with Gasteiger partial charge in [-0.25, -0.2) is 8.42 Å². The Kier molecular flexibility index (Phi) is 7.11. The largest absolute Gasteiger partial charge is 1.00 e. The van der Waals surface area contributed by atoms with Gasteiger partial charge in [0.25, 0.3) is 0 Å². The van der Waals surface area contributed by atoms with Crippen molar-refractivity contribution in [2.24, 2.45) is 0 Å². The number of benzene rings is 2. The molecule has 0 spiro atoms. The van der Waals surface area contributed by atoms with Crippen LogP contribution in [0.25, 0.3) is 10.8 Å². The standard InChI is InChI=1S/C19H26O3S.Na/c1-11(2)14-8-7-9-15-16(12(3)4)10-17(23(20,21)22)18(13(5)6)19(14)15;/h7-13H,1-6H3,(H,20,21,22);/q;+1/p-1. The minimum Gasteiger partial charge on any atom is -0.744 e. The fourth-order valence-corrected chi connectivity index (χ4v) is 4.15. The molecule has 0 aromatic heterocycles. The number of hydrogen-bond acceptors (Lipinski definition) is 3. The van der Waals surface area contributed by atoms with Crippen molar-refractivity contribution in [3.63, 3.8) is 0 Å². The van der Waals surface area contributed by atoms with Gasteiger partial charge in [0.05, 0.1) is 4.90 Å². The van der Waals surface area contributed by atoms with Crippen molar-refractivity contribution < 1.29 is 42.5 Å². The van der Waals surface area contributed by atoms with Gasteiger partial charge in [-0.1, -0.05) is 59.7 Å². The molecule has 0 heterocycles. The van der Waals surface area contributed by atoms with Crippen LogP contribution in [0.5, 0.6) is 0 Å². The molecule has 3 nitrogen and oxygen atoms in total. The first-order valence-corrected chi connectivity index (χ1v) is 9.51. The van der Waals surface area contributed by atoms with E-state index in [0.29, 0.717) is 5.56 Å². The molecule has 0 unspecified atom stereocenters. The SMILES string of the molecule is CC(C)c1cc(S(=O)(=O)[O-])c(C(C)C)c2c(C(C)C)cccc12.[Na+]. The fraction of sp³-hybridized carbons (Fsp3) is 0.474. The summed E-state index contributed by atoms with van der Waals surface area (Å²) >= 11 is 0. The third kappa shape index (κ3) is 4.05. The van der Waals surface area contributed by atoms with E-state index < -0.39 is 10.1 Å². The zero-order valence-corrected chi connectivity index (χ0v) is 18.5. The molecule has 2 aromatic rings. The minimum absolute atomic E-state index is 0. The summed E-state index contributed by atoms with van der Waals surface area (Å²) in [6.45, 7) is 12.1. The maximum Gasteiger partial charge on any atom is 1.00 e. The third-order valence-corrected chi connectivity index (χ3v) is 5.20. The molecule has 5 heteroatoms. The summed E-state index contributed by atoms with van der Waals surface area (Å²) in [6, 6.07) is 7.67. The van der Waals surface area contributed by atoms with Crippen LogP contribution >= 0.6 is 0 Å². The van der Waals surface area contributed by atoms with E-state index in [0.717, 1.165) is 21.9 Å². The molecule has 0 fully saturated rings. The molecule has 0 N–H and O–H groups in total. The summed E-state index contributed by atoms with van der Waals surface area (Å²) in [7, 11) is -4.52. The molecule has 0 bridgehead atoms. The van der Waals surface area contributed by atoms with Gasteiger partial charge in [-0.05, 0) is 51.3 Å². The second-order valence-corrected chi connectivity index (χ2v) is 8.41. The summed E-state index contributed by atoms with van der Waals surface area (Å²) in [6.07, 6.45) is 0. The molecule has 24 heavy (non-hydrogen) atoms. The summed E-state index contributed by atoms with van der Waals surface area (Å²) in [4.78, 5) is -0.0585. The zero-order valence-electron chi connectivity index (χ0n) is 15.7. The van der Waals surface area contributed by atoms with E-state index in [2.05, 4.69) is 13.8 Å². The molecule has 0 saturated heterocycles. The smallest absolute Gasteiger partial charge is 0.744 e. The van der Waals surface area contributed by atoms with Gasteiger partial charge in [-0.2, -0.15) is 0 Å². The molecule has 0 aliphatic rings. The first-order chi connectivity index (χ1) is 10.6. The Morgan fingerprint density at radius 1 is 0.875 bits per heavy atom. The van der Waals surface area contributed by atoms with Crippen molar-refractivity contribution in [1.82, 2.24) is 0 Å². The van der Waals surface area contributed by atoms with Gasteiger partial charge in [0.1, 0.15) is 10.1 Å². The molecule has 126 valence electrons. The van der Waals surface area contributed by atoms with E-state index in [1.54, 1.807) is 6.07 Å². The van der Waals surface area contributed by atoms with Crippen LogP contribution in [-0.2, 0) is 10.1 Å². The average Bonchev–Trinajstić information content (AvgIpc) is 2.42. The van der Waals surface area contributed by atoms with Gasteiger partial charge in [0.15, 0.2) is 0 Å². The second kappa shape index (κ2) is 7.88. The van der Waals surface area contributed by atoms with E-state index in [1.165, 1.54) is 0 Å². The average molecular weight is 356 g/mol. The Hall–Kier alpha value is -0.390. The van der Waals surface area contributed by atoms with Crippen molar-refractivity contribution in [3.8, 4) is 0 Å². The molecule has 0 amide bonds. The summed E-state index contributed by atoms with van der Waals surface area (Å²) < 4.78 is 35.7. The third-order valence-electron chi connectivity index (χ3n) is 4.32. The van der Waals surface area contributed by atoms with Crippen molar-refractivity contribution in [2.75, 3.05) is 0 Å². The van der Waals surface area contributed by atoms with Gasteiger partial charge in [-0.15, -0.1) is 0 Å². The van der Waals surface area contributed by atoms with Crippen LogP contribution in [0.15, 0.2) is 29.2 Å². The number of hydrogen-bond donors (Lipinski definition) is 0. The first-order valence-electron chi connectivity index (χ1n) is 8.11. The Morgan fingerprint density at radius 2 is 1.42 bits per heavy atom. The van der Waals surface area contributed by atoms with Crippen molar-refractivity contribution in [3.05, 3.63) is 41.0 Å².